The quantitative estimate of drug-likeness (QED) is 0.716. The van der Waals surface area contributed by atoms with Gasteiger partial charge in [0.05, 0.1) is 0 Å². The third kappa shape index (κ3) is 6.15. The maximum atomic E-state index is 10.3. The van der Waals surface area contributed by atoms with Crippen LogP contribution < -0.4 is 5.73 Å². The van der Waals surface area contributed by atoms with Crippen LogP contribution >= 0.6 is 0 Å². The molecule has 0 fully saturated rings. The molecule has 0 heterocycles. The van der Waals surface area contributed by atoms with Crippen LogP contribution in [0.15, 0.2) is 24.3 Å². The molecule has 4 N–H and O–H groups in total. The minimum atomic E-state index is -1.11. The van der Waals surface area contributed by atoms with Gasteiger partial charge in [-0.15, -0.1) is 0 Å². The molecule has 5 nitrogen and oxygen atoms in total. The van der Waals surface area contributed by atoms with Crippen LogP contribution in [0.1, 0.15) is 10.4 Å². The summed E-state index contributed by atoms with van der Waals surface area (Å²) in [5.74, 6) is -0.687. The molecule has 1 atom stereocenters. The van der Waals surface area contributed by atoms with Gasteiger partial charge in [-0.2, -0.15) is 0 Å². The van der Waals surface area contributed by atoms with Gasteiger partial charge in [0.1, 0.15) is 11.3 Å². The largest absolute Gasteiger partial charge is 0.507 e. The predicted molar refractivity (Wildman–Crippen MR) is 63.1 cm³/mol. The molecule has 0 saturated carbocycles. The lowest BCUT2D eigenvalue weighted by molar-refractivity contribution is 0.0693. The van der Waals surface area contributed by atoms with Crippen molar-refractivity contribution < 1.29 is 19.2 Å². The summed E-state index contributed by atoms with van der Waals surface area (Å²) in [4.78, 5) is 10.3. The predicted octanol–water partition coefficient (Wildman–Crippen LogP) is 0.414. The summed E-state index contributed by atoms with van der Waals surface area (Å²) in [6, 6.07) is 5.81. The molecular formula is C10H15NO4S. The fraction of sp³-hybridized carbons (Fsp3) is 0.300. The van der Waals surface area contributed by atoms with Crippen molar-refractivity contribution in [2.75, 3.05) is 18.6 Å². The minimum absolute atomic E-state index is 0.0671. The molecule has 1 aromatic carbocycles. The van der Waals surface area contributed by atoms with E-state index in [0.29, 0.717) is 12.3 Å². The topological polar surface area (TPSA) is 101 Å². The zero-order valence-electron chi connectivity index (χ0n) is 8.92. The molecule has 1 aromatic rings. The average molecular weight is 245 g/mol. The first-order valence-electron chi connectivity index (χ1n) is 4.50. The van der Waals surface area contributed by atoms with Crippen molar-refractivity contribution in [2.45, 2.75) is 0 Å². The van der Waals surface area contributed by atoms with E-state index in [2.05, 4.69) is 0 Å². The van der Waals surface area contributed by atoms with Crippen molar-refractivity contribution in [3.63, 3.8) is 0 Å². The fourth-order valence-electron chi connectivity index (χ4n) is 0.820. The number of carboxylic acids is 1. The Labute approximate surface area is 96.4 Å². The number of rotatable bonds is 3. The van der Waals surface area contributed by atoms with Crippen LogP contribution in [-0.4, -0.2) is 38.9 Å². The summed E-state index contributed by atoms with van der Waals surface area (Å²) in [5, 5.41) is 17.3. The number of carbonyl (C=O) groups is 1. The van der Waals surface area contributed by atoms with E-state index >= 15 is 0 Å². The Kier molecular flexibility index (Phi) is 7.15. The molecule has 0 aliphatic carbocycles. The van der Waals surface area contributed by atoms with Crippen LogP contribution in [0.3, 0.4) is 0 Å². The van der Waals surface area contributed by atoms with Crippen molar-refractivity contribution >= 4 is 16.8 Å². The number of aromatic carboxylic acids is 1. The van der Waals surface area contributed by atoms with Crippen LogP contribution in [0, 0.1) is 0 Å². The molecule has 0 radical (unpaired) electrons. The highest BCUT2D eigenvalue weighted by atomic mass is 32.2. The molecule has 16 heavy (non-hydrogen) atoms. The first kappa shape index (κ1) is 14.6. The van der Waals surface area contributed by atoms with Crippen molar-refractivity contribution in [1.29, 1.82) is 0 Å². The Morgan fingerprint density at radius 1 is 1.44 bits per heavy atom. The van der Waals surface area contributed by atoms with Crippen LogP contribution in [0.5, 0.6) is 5.75 Å². The number of benzene rings is 1. The number of nitrogens with two attached hydrogens (primary N) is 1. The third-order valence-electron chi connectivity index (χ3n) is 1.54. The van der Waals surface area contributed by atoms with Gasteiger partial charge >= 0.3 is 5.97 Å². The molecule has 0 spiro atoms. The molecular weight excluding hydrogens is 230 g/mol. The highest BCUT2D eigenvalue weighted by Crippen LogP contribution is 2.14. The van der Waals surface area contributed by atoms with Gasteiger partial charge < -0.3 is 15.9 Å². The summed E-state index contributed by atoms with van der Waals surface area (Å²) >= 11 is 0. The fourth-order valence-corrected chi connectivity index (χ4v) is 1.15. The number of hydrogen-bond acceptors (Lipinski definition) is 4. The smallest absolute Gasteiger partial charge is 0.339 e. The van der Waals surface area contributed by atoms with Gasteiger partial charge in [-0.1, -0.05) is 12.1 Å². The molecule has 0 aliphatic heterocycles. The number of aromatic hydroxyl groups is 1. The number of phenols is 1. The van der Waals surface area contributed by atoms with Gasteiger partial charge in [-0.25, -0.2) is 4.79 Å². The maximum Gasteiger partial charge on any atom is 0.339 e. The Hall–Kier alpha value is -1.40. The second-order valence-corrected chi connectivity index (χ2v) is 4.44. The number of hydrogen-bond donors (Lipinski definition) is 3. The van der Waals surface area contributed by atoms with Gasteiger partial charge in [0.15, 0.2) is 0 Å². The lowest BCUT2D eigenvalue weighted by atomic mass is 10.2. The molecule has 1 unspecified atom stereocenters. The van der Waals surface area contributed by atoms with E-state index in [1.54, 1.807) is 18.4 Å². The van der Waals surface area contributed by atoms with E-state index in [1.165, 1.54) is 12.1 Å². The normalized spacial score (nSPS) is 11.1. The molecule has 0 aromatic heterocycles. The molecule has 6 heteroatoms. The average Bonchev–Trinajstić information content (AvgIpc) is 2.18. The summed E-state index contributed by atoms with van der Waals surface area (Å²) in [6.07, 6.45) is 1.65. The Morgan fingerprint density at radius 2 is 2.00 bits per heavy atom. The van der Waals surface area contributed by atoms with E-state index < -0.39 is 16.8 Å². The molecule has 90 valence electrons. The summed E-state index contributed by atoms with van der Waals surface area (Å²) in [7, 11) is -0.691. The molecule has 0 aliphatic rings. The van der Waals surface area contributed by atoms with E-state index in [1.807, 2.05) is 0 Å². The van der Waals surface area contributed by atoms with Crippen LogP contribution in [0.25, 0.3) is 0 Å². The van der Waals surface area contributed by atoms with E-state index in [9.17, 15) is 9.00 Å². The standard InChI is InChI=1S/C7H6O3.C3H9NOS/c8-6-4-2-1-3-5(6)7(9)10;1-6(5)3-2-4/h1-4,8H,(H,9,10);2-4H2,1H3. The van der Waals surface area contributed by atoms with Gasteiger partial charge in [-0.05, 0) is 12.1 Å². The first-order chi connectivity index (χ1) is 7.49. The number of para-hydroxylation sites is 1. The molecule has 1 rings (SSSR count). The molecule has 0 bridgehead atoms. The Morgan fingerprint density at radius 3 is 2.25 bits per heavy atom. The highest BCUT2D eigenvalue weighted by molar-refractivity contribution is 7.84. The van der Waals surface area contributed by atoms with Crippen LogP contribution in [0.2, 0.25) is 0 Å². The first-order valence-corrected chi connectivity index (χ1v) is 6.23. The van der Waals surface area contributed by atoms with E-state index in [0.717, 1.165) is 0 Å². The van der Waals surface area contributed by atoms with Crippen molar-refractivity contribution in [2.24, 2.45) is 5.73 Å². The summed E-state index contributed by atoms with van der Waals surface area (Å²) in [6.45, 7) is 0.531. The van der Waals surface area contributed by atoms with Crippen LogP contribution in [-0.2, 0) is 10.8 Å². The van der Waals surface area contributed by atoms with E-state index in [-0.39, 0.29) is 11.3 Å². The summed E-state index contributed by atoms with van der Waals surface area (Å²) < 4.78 is 10.1. The summed E-state index contributed by atoms with van der Waals surface area (Å²) in [5.41, 5.74) is 4.97. The SMILES string of the molecule is CS(=O)CCN.O=C(O)c1ccccc1O. The Balaban J connectivity index is 0.000000325. The minimum Gasteiger partial charge on any atom is -0.507 e. The van der Waals surface area contributed by atoms with E-state index in [4.69, 9.17) is 15.9 Å². The maximum absolute atomic E-state index is 10.3. The van der Waals surface area contributed by atoms with Crippen molar-refractivity contribution in [3.8, 4) is 5.75 Å². The van der Waals surface area contributed by atoms with Crippen molar-refractivity contribution in [1.82, 2.24) is 0 Å². The second kappa shape index (κ2) is 7.84. The molecule has 0 saturated heterocycles. The second-order valence-electron chi connectivity index (χ2n) is 2.89. The van der Waals surface area contributed by atoms with Gasteiger partial charge in [-0.3, -0.25) is 4.21 Å². The Bertz CT molecular complexity index is 368. The van der Waals surface area contributed by atoms with Gasteiger partial charge in [0, 0.05) is 29.4 Å². The number of carboxylic acid groups (broad SMARTS) is 1. The highest BCUT2D eigenvalue weighted by Gasteiger charge is 2.05. The van der Waals surface area contributed by atoms with Crippen molar-refractivity contribution in [3.05, 3.63) is 29.8 Å². The lowest BCUT2D eigenvalue weighted by Crippen LogP contribution is -2.08. The zero-order chi connectivity index (χ0) is 12.6. The lowest BCUT2D eigenvalue weighted by Gasteiger charge is -1.95. The van der Waals surface area contributed by atoms with Gasteiger partial charge in [0.25, 0.3) is 0 Å². The third-order valence-corrected chi connectivity index (χ3v) is 2.35. The van der Waals surface area contributed by atoms with Crippen LogP contribution in [0.4, 0.5) is 0 Å². The van der Waals surface area contributed by atoms with Gasteiger partial charge in [0.2, 0.25) is 0 Å². The zero-order valence-corrected chi connectivity index (χ0v) is 9.74. The molecule has 0 amide bonds. The monoisotopic (exact) mass is 245 g/mol.